The van der Waals surface area contributed by atoms with Crippen LogP contribution in [0.5, 0.6) is 0 Å². The Morgan fingerprint density at radius 2 is 2.09 bits per heavy atom. The van der Waals surface area contributed by atoms with Crippen molar-refractivity contribution in [3.8, 4) is 0 Å². The minimum Gasteiger partial charge on any atom is -0.356 e. The van der Waals surface area contributed by atoms with Gasteiger partial charge in [-0.25, -0.2) is 0 Å². The summed E-state index contributed by atoms with van der Waals surface area (Å²) in [5.74, 6) is 0.0989. The van der Waals surface area contributed by atoms with Crippen LogP contribution in [0.3, 0.4) is 0 Å². The number of amides is 1. The van der Waals surface area contributed by atoms with Crippen molar-refractivity contribution in [1.29, 1.82) is 0 Å². The van der Waals surface area contributed by atoms with Gasteiger partial charge in [0, 0.05) is 33.6 Å². The molecular formula is C7H17N3O. The number of hydrogen-bond acceptors (Lipinski definition) is 3. The third-order valence-corrected chi connectivity index (χ3v) is 1.15. The second-order valence-corrected chi connectivity index (χ2v) is 2.51. The number of rotatable bonds is 5. The zero-order valence-corrected chi connectivity index (χ0v) is 7.48. The molecule has 2 N–H and O–H groups in total. The molecule has 0 radical (unpaired) electrons. The minimum absolute atomic E-state index is 0.0989. The molecule has 0 rings (SSSR count). The number of carbonyl (C=O) groups excluding carboxylic acids is 1. The van der Waals surface area contributed by atoms with Crippen LogP contribution in [0.4, 0.5) is 0 Å². The van der Waals surface area contributed by atoms with Crippen LogP contribution in [0.2, 0.25) is 0 Å². The first-order valence-corrected chi connectivity index (χ1v) is 3.84. The minimum atomic E-state index is 0.0989. The number of carbonyl (C=O) groups is 1. The molecule has 0 atom stereocenters. The molecule has 66 valence electrons. The van der Waals surface area contributed by atoms with Crippen molar-refractivity contribution in [3.05, 3.63) is 0 Å². The quantitative estimate of drug-likeness (QED) is 0.535. The van der Waals surface area contributed by atoms with Gasteiger partial charge in [0.1, 0.15) is 0 Å². The van der Waals surface area contributed by atoms with E-state index in [1.54, 1.807) is 0 Å². The van der Waals surface area contributed by atoms with Gasteiger partial charge in [-0.15, -0.1) is 0 Å². The molecule has 0 unspecified atom stereocenters. The van der Waals surface area contributed by atoms with E-state index in [9.17, 15) is 4.79 Å². The third-order valence-electron chi connectivity index (χ3n) is 1.15. The molecule has 11 heavy (non-hydrogen) atoms. The van der Waals surface area contributed by atoms with Crippen molar-refractivity contribution in [1.82, 2.24) is 15.8 Å². The summed E-state index contributed by atoms with van der Waals surface area (Å²) in [7, 11) is 3.80. The lowest BCUT2D eigenvalue weighted by atomic mass is 10.4. The van der Waals surface area contributed by atoms with Crippen molar-refractivity contribution in [3.63, 3.8) is 0 Å². The smallest absolute Gasteiger partial charge is 0.221 e. The maximum absolute atomic E-state index is 10.9. The van der Waals surface area contributed by atoms with Crippen LogP contribution < -0.4 is 10.7 Å². The lowest BCUT2D eigenvalue weighted by Crippen LogP contribution is -2.34. The Hall–Kier alpha value is -0.610. The van der Waals surface area contributed by atoms with Crippen LogP contribution in [0.1, 0.15) is 13.3 Å². The zero-order chi connectivity index (χ0) is 8.69. The normalized spacial score (nSPS) is 10.2. The molecule has 0 aliphatic carbocycles. The fourth-order valence-electron chi connectivity index (χ4n) is 0.679. The first kappa shape index (κ1) is 10.4. The van der Waals surface area contributed by atoms with Gasteiger partial charge in [-0.3, -0.25) is 15.2 Å². The SMILES string of the molecule is CCNC(=O)CCNN(C)C. The Balaban J connectivity index is 3.17. The summed E-state index contributed by atoms with van der Waals surface area (Å²) in [6.07, 6.45) is 0.534. The number of nitrogens with one attached hydrogen (secondary N) is 2. The Morgan fingerprint density at radius 1 is 1.45 bits per heavy atom. The van der Waals surface area contributed by atoms with Crippen LogP contribution in [-0.2, 0) is 4.79 Å². The molecule has 0 aliphatic heterocycles. The summed E-state index contributed by atoms with van der Waals surface area (Å²) >= 11 is 0. The van der Waals surface area contributed by atoms with Gasteiger partial charge in [0.05, 0.1) is 0 Å². The summed E-state index contributed by atoms with van der Waals surface area (Å²) < 4.78 is 0. The number of hydrazine groups is 1. The van der Waals surface area contributed by atoms with Gasteiger partial charge < -0.3 is 5.32 Å². The lowest BCUT2D eigenvalue weighted by molar-refractivity contribution is -0.121. The van der Waals surface area contributed by atoms with Crippen molar-refractivity contribution in [2.24, 2.45) is 0 Å². The molecule has 4 nitrogen and oxygen atoms in total. The van der Waals surface area contributed by atoms with Crippen molar-refractivity contribution in [2.45, 2.75) is 13.3 Å². The van der Waals surface area contributed by atoms with Gasteiger partial charge in [-0.2, -0.15) is 0 Å². The molecule has 0 aromatic carbocycles. The van der Waals surface area contributed by atoms with Crippen LogP contribution in [0.25, 0.3) is 0 Å². The van der Waals surface area contributed by atoms with Gasteiger partial charge in [-0.05, 0) is 6.92 Å². The molecule has 0 saturated heterocycles. The maximum Gasteiger partial charge on any atom is 0.221 e. The van der Waals surface area contributed by atoms with Crippen LogP contribution in [0.15, 0.2) is 0 Å². The summed E-state index contributed by atoms with van der Waals surface area (Å²) in [4.78, 5) is 10.9. The predicted molar refractivity (Wildman–Crippen MR) is 45.0 cm³/mol. The van der Waals surface area contributed by atoms with Gasteiger partial charge in [-0.1, -0.05) is 0 Å². The van der Waals surface area contributed by atoms with E-state index in [0.29, 0.717) is 19.5 Å². The topological polar surface area (TPSA) is 44.4 Å². The molecule has 0 heterocycles. The summed E-state index contributed by atoms with van der Waals surface area (Å²) in [6.45, 7) is 3.32. The highest BCUT2D eigenvalue weighted by atomic mass is 16.1. The molecule has 0 aromatic heterocycles. The van der Waals surface area contributed by atoms with Gasteiger partial charge in [0.2, 0.25) is 5.91 Å². The Morgan fingerprint density at radius 3 is 2.55 bits per heavy atom. The Bertz CT molecular complexity index is 114. The van der Waals surface area contributed by atoms with E-state index in [-0.39, 0.29) is 5.91 Å². The largest absolute Gasteiger partial charge is 0.356 e. The molecule has 0 spiro atoms. The summed E-state index contributed by atoms with van der Waals surface area (Å²) in [6, 6.07) is 0. The Labute approximate surface area is 67.9 Å². The van der Waals surface area contributed by atoms with Crippen molar-refractivity contribution >= 4 is 5.91 Å². The second-order valence-electron chi connectivity index (χ2n) is 2.51. The molecular weight excluding hydrogens is 142 g/mol. The standard InChI is InChI=1S/C7H17N3O/c1-4-8-7(11)5-6-9-10(2)3/h9H,4-6H2,1-3H3,(H,8,11). The van der Waals surface area contributed by atoms with E-state index in [1.807, 2.05) is 26.0 Å². The second kappa shape index (κ2) is 6.12. The van der Waals surface area contributed by atoms with Crippen LogP contribution >= 0.6 is 0 Å². The van der Waals surface area contributed by atoms with Crippen LogP contribution in [0, 0.1) is 0 Å². The van der Waals surface area contributed by atoms with Gasteiger partial charge >= 0.3 is 0 Å². The number of nitrogens with zero attached hydrogens (tertiary/aromatic N) is 1. The highest BCUT2D eigenvalue weighted by Crippen LogP contribution is 1.76. The molecule has 0 aliphatic rings. The van der Waals surface area contributed by atoms with Crippen molar-refractivity contribution in [2.75, 3.05) is 27.2 Å². The van der Waals surface area contributed by atoms with E-state index in [2.05, 4.69) is 10.7 Å². The highest BCUT2D eigenvalue weighted by Gasteiger charge is 1.97. The van der Waals surface area contributed by atoms with Crippen LogP contribution in [-0.4, -0.2) is 38.1 Å². The molecule has 0 bridgehead atoms. The van der Waals surface area contributed by atoms with E-state index < -0.39 is 0 Å². The first-order valence-electron chi connectivity index (χ1n) is 3.84. The van der Waals surface area contributed by atoms with Gasteiger partial charge in [0.15, 0.2) is 0 Å². The predicted octanol–water partition coefficient (Wildman–Crippen LogP) is -0.421. The monoisotopic (exact) mass is 159 g/mol. The average Bonchev–Trinajstić information content (AvgIpc) is 1.87. The van der Waals surface area contributed by atoms with E-state index >= 15 is 0 Å². The van der Waals surface area contributed by atoms with E-state index in [1.165, 1.54) is 0 Å². The highest BCUT2D eigenvalue weighted by molar-refractivity contribution is 5.75. The molecule has 0 fully saturated rings. The van der Waals surface area contributed by atoms with E-state index in [0.717, 1.165) is 0 Å². The van der Waals surface area contributed by atoms with Gasteiger partial charge in [0.25, 0.3) is 0 Å². The molecule has 0 aromatic rings. The lowest BCUT2D eigenvalue weighted by Gasteiger charge is -2.10. The maximum atomic E-state index is 10.9. The van der Waals surface area contributed by atoms with Crippen molar-refractivity contribution < 1.29 is 4.79 Å². The fourth-order valence-corrected chi connectivity index (χ4v) is 0.679. The molecule has 1 amide bonds. The molecule has 0 saturated carbocycles. The fraction of sp³-hybridized carbons (Fsp3) is 0.857. The Kier molecular flexibility index (Phi) is 5.78. The molecule has 4 heteroatoms. The zero-order valence-electron chi connectivity index (χ0n) is 7.48. The summed E-state index contributed by atoms with van der Waals surface area (Å²) in [5.41, 5.74) is 3.01. The number of hydrogen-bond donors (Lipinski definition) is 2. The van der Waals surface area contributed by atoms with E-state index in [4.69, 9.17) is 0 Å². The first-order chi connectivity index (χ1) is 5.16. The summed E-state index contributed by atoms with van der Waals surface area (Å²) in [5, 5.41) is 4.55. The third kappa shape index (κ3) is 7.29. The average molecular weight is 159 g/mol.